The molecule has 0 aromatic heterocycles. The summed E-state index contributed by atoms with van der Waals surface area (Å²) in [6, 6.07) is 5.18. The number of rotatable bonds is 2. The van der Waals surface area contributed by atoms with Crippen LogP contribution in [0.25, 0.3) is 11.1 Å². The molecule has 0 spiro atoms. The van der Waals surface area contributed by atoms with Gasteiger partial charge in [0.1, 0.15) is 17.5 Å². The Bertz CT molecular complexity index is 629. The van der Waals surface area contributed by atoms with Gasteiger partial charge in [-0.15, -0.1) is 0 Å². The number of hydrogen-bond acceptors (Lipinski definition) is 2. The van der Waals surface area contributed by atoms with Crippen molar-refractivity contribution in [2.24, 2.45) is 0 Å². The van der Waals surface area contributed by atoms with Gasteiger partial charge in [-0.25, -0.2) is 13.2 Å². The molecule has 0 saturated carbocycles. The van der Waals surface area contributed by atoms with Crippen molar-refractivity contribution < 1.29 is 18.1 Å². The fraction of sp³-hybridized carbons (Fsp3) is 0. The quantitative estimate of drug-likeness (QED) is 0.605. The molecule has 0 fully saturated rings. The van der Waals surface area contributed by atoms with Crippen molar-refractivity contribution >= 4 is 5.69 Å². The van der Waals surface area contributed by atoms with Crippen LogP contribution in [0, 0.1) is 27.6 Å². The summed E-state index contributed by atoms with van der Waals surface area (Å²) in [5, 5.41) is 10.6. The van der Waals surface area contributed by atoms with E-state index in [4.69, 9.17) is 0 Å². The number of halogens is 3. The third-order valence-electron chi connectivity index (χ3n) is 2.38. The lowest BCUT2D eigenvalue weighted by Crippen LogP contribution is -1.93. The fourth-order valence-corrected chi connectivity index (χ4v) is 1.54. The Morgan fingerprint density at radius 1 is 0.889 bits per heavy atom. The zero-order valence-corrected chi connectivity index (χ0v) is 8.86. The molecule has 0 aliphatic carbocycles. The highest BCUT2D eigenvalue weighted by Gasteiger charge is 2.15. The summed E-state index contributed by atoms with van der Waals surface area (Å²) in [4.78, 5) is 9.83. The second-order valence-electron chi connectivity index (χ2n) is 3.55. The van der Waals surface area contributed by atoms with Crippen LogP contribution in [0.1, 0.15) is 0 Å². The van der Waals surface area contributed by atoms with Gasteiger partial charge in [-0.3, -0.25) is 10.1 Å². The van der Waals surface area contributed by atoms with E-state index >= 15 is 0 Å². The Labute approximate surface area is 99.6 Å². The van der Waals surface area contributed by atoms with Gasteiger partial charge in [0.2, 0.25) is 0 Å². The van der Waals surface area contributed by atoms with Crippen LogP contribution in [-0.4, -0.2) is 4.92 Å². The van der Waals surface area contributed by atoms with Crippen molar-refractivity contribution in [2.75, 3.05) is 0 Å². The number of benzene rings is 2. The molecule has 0 amide bonds. The highest BCUT2D eigenvalue weighted by Crippen LogP contribution is 2.29. The van der Waals surface area contributed by atoms with Gasteiger partial charge < -0.3 is 0 Å². The van der Waals surface area contributed by atoms with Gasteiger partial charge in [-0.2, -0.15) is 0 Å². The Balaban J connectivity index is 2.66. The summed E-state index contributed by atoms with van der Waals surface area (Å²) in [6.07, 6.45) is 0. The van der Waals surface area contributed by atoms with E-state index in [0.29, 0.717) is 0 Å². The Kier molecular flexibility index (Phi) is 3.01. The molecule has 0 saturated heterocycles. The minimum absolute atomic E-state index is 0.346. The van der Waals surface area contributed by atoms with Gasteiger partial charge in [0.25, 0.3) is 5.69 Å². The lowest BCUT2D eigenvalue weighted by atomic mass is 10.0. The first-order valence-electron chi connectivity index (χ1n) is 4.88. The fourth-order valence-electron chi connectivity index (χ4n) is 1.54. The average molecular weight is 253 g/mol. The topological polar surface area (TPSA) is 43.1 Å². The maximum absolute atomic E-state index is 13.5. The lowest BCUT2D eigenvalue weighted by Gasteiger charge is -2.05. The highest BCUT2D eigenvalue weighted by atomic mass is 19.1. The smallest absolute Gasteiger partial charge is 0.258 e. The molecule has 92 valence electrons. The summed E-state index contributed by atoms with van der Waals surface area (Å²) in [7, 11) is 0. The molecule has 0 atom stereocenters. The Morgan fingerprint density at radius 3 is 2.06 bits per heavy atom. The van der Waals surface area contributed by atoms with E-state index in [1.807, 2.05) is 0 Å². The second-order valence-corrected chi connectivity index (χ2v) is 3.55. The number of hydrogen-bond donors (Lipinski definition) is 0. The molecule has 18 heavy (non-hydrogen) atoms. The van der Waals surface area contributed by atoms with Crippen LogP contribution >= 0.6 is 0 Å². The van der Waals surface area contributed by atoms with Gasteiger partial charge in [-0.1, -0.05) is 0 Å². The van der Waals surface area contributed by atoms with Gasteiger partial charge in [-0.05, 0) is 24.3 Å². The number of non-ortho nitro benzene ring substituents is 1. The Morgan fingerprint density at radius 2 is 1.44 bits per heavy atom. The van der Waals surface area contributed by atoms with Crippen molar-refractivity contribution in [2.45, 2.75) is 0 Å². The van der Waals surface area contributed by atoms with Crippen molar-refractivity contribution in [3.05, 3.63) is 64.0 Å². The van der Waals surface area contributed by atoms with Crippen LogP contribution in [0.15, 0.2) is 36.4 Å². The molecule has 0 aliphatic rings. The van der Waals surface area contributed by atoms with E-state index in [1.165, 1.54) is 0 Å². The highest BCUT2D eigenvalue weighted by molar-refractivity contribution is 5.67. The third kappa shape index (κ3) is 2.17. The molecule has 0 aliphatic heterocycles. The van der Waals surface area contributed by atoms with E-state index in [-0.39, 0.29) is 11.1 Å². The molecule has 6 heteroatoms. The molecule has 3 nitrogen and oxygen atoms in total. The summed E-state index contributed by atoms with van der Waals surface area (Å²) < 4.78 is 40.0. The standard InChI is InChI=1S/C12H6F3NO2/c13-7-1-3-11(14)9(5-7)10-6-8(16(17)18)2-4-12(10)15/h1-6H. The summed E-state index contributed by atoms with van der Waals surface area (Å²) in [5.74, 6) is -2.46. The van der Waals surface area contributed by atoms with Crippen molar-refractivity contribution in [3.8, 4) is 11.1 Å². The first-order valence-corrected chi connectivity index (χ1v) is 4.88. The first-order chi connectivity index (χ1) is 8.49. The number of nitro benzene ring substituents is 1. The molecular weight excluding hydrogens is 247 g/mol. The molecule has 0 N–H and O–H groups in total. The predicted molar refractivity (Wildman–Crippen MR) is 58.4 cm³/mol. The third-order valence-corrected chi connectivity index (χ3v) is 2.38. The maximum Gasteiger partial charge on any atom is 0.270 e. The minimum atomic E-state index is -0.856. The molecule has 0 unspecified atom stereocenters. The van der Waals surface area contributed by atoms with Gasteiger partial charge in [0, 0.05) is 23.3 Å². The van der Waals surface area contributed by atoms with E-state index in [2.05, 4.69) is 0 Å². The van der Waals surface area contributed by atoms with Gasteiger partial charge >= 0.3 is 0 Å². The van der Waals surface area contributed by atoms with Crippen LogP contribution in [0.4, 0.5) is 18.9 Å². The molecule has 2 aromatic rings. The number of nitro groups is 1. The van der Waals surface area contributed by atoms with Crippen LogP contribution in [0.5, 0.6) is 0 Å². The van der Waals surface area contributed by atoms with Gasteiger partial charge in [0.05, 0.1) is 4.92 Å². The van der Waals surface area contributed by atoms with Crippen LogP contribution in [-0.2, 0) is 0 Å². The second kappa shape index (κ2) is 4.48. The SMILES string of the molecule is O=[N+]([O-])c1ccc(F)c(-c2cc(F)ccc2F)c1. The average Bonchev–Trinajstić information content (AvgIpc) is 2.33. The van der Waals surface area contributed by atoms with E-state index < -0.39 is 28.1 Å². The predicted octanol–water partition coefficient (Wildman–Crippen LogP) is 3.68. The summed E-state index contributed by atoms with van der Waals surface area (Å²) in [5.41, 5.74) is -1.09. The largest absolute Gasteiger partial charge is 0.270 e. The molecule has 0 heterocycles. The van der Waals surface area contributed by atoms with Crippen LogP contribution in [0.2, 0.25) is 0 Å². The van der Waals surface area contributed by atoms with Crippen molar-refractivity contribution in [1.82, 2.24) is 0 Å². The van der Waals surface area contributed by atoms with Crippen LogP contribution < -0.4 is 0 Å². The lowest BCUT2D eigenvalue weighted by molar-refractivity contribution is -0.384. The van der Waals surface area contributed by atoms with E-state index in [1.54, 1.807) is 0 Å². The molecule has 0 bridgehead atoms. The minimum Gasteiger partial charge on any atom is -0.258 e. The van der Waals surface area contributed by atoms with E-state index in [9.17, 15) is 23.3 Å². The molecule has 2 rings (SSSR count). The van der Waals surface area contributed by atoms with Crippen LogP contribution in [0.3, 0.4) is 0 Å². The zero-order chi connectivity index (χ0) is 13.3. The maximum atomic E-state index is 13.5. The molecule has 0 radical (unpaired) electrons. The summed E-state index contributed by atoms with van der Waals surface area (Å²) >= 11 is 0. The monoisotopic (exact) mass is 253 g/mol. The Hall–Kier alpha value is -2.37. The number of nitrogens with zero attached hydrogens (tertiary/aromatic N) is 1. The van der Waals surface area contributed by atoms with Crippen molar-refractivity contribution in [3.63, 3.8) is 0 Å². The molecule has 2 aromatic carbocycles. The van der Waals surface area contributed by atoms with Gasteiger partial charge in [0.15, 0.2) is 0 Å². The summed E-state index contributed by atoms with van der Waals surface area (Å²) in [6.45, 7) is 0. The van der Waals surface area contributed by atoms with E-state index in [0.717, 1.165) is 36.4 Å². The molecular formula is C12H6F3NO2. The first kappa shape index (κ1) is 12.1. The zero-order valence-electron chi connectivity index (χ0n) is 8.86. The van der Waals surface area contributed by atoms with Crippen molar-refractivity contribution in [1.29, 1.82) is 0 Å². The normalized spacial score (nSPS) is 10.4.